The topological polar surface area (TPSA) is 86.9 Å². The van der Waals surface area contributed by atoms with Crippen LogP contribution in [0.4, 0.5) is 0 Å². The lowest BCUT2D eigenvalue weighted by Gasteiger charge is -2.30. The zero-order valence-corrected chi connectivity index (χ0v) is 12.0. The Balaban J connectivity index is 1.70. The van der Waals surface area contributed by atoms with E-state index in [1.54, 1.807) is 0 Å². The number of piperidine rings is 1. The van der Waals surface area contributed by atoms with E-state index in [0.717, 1.165) is 45.4 Å². The number of carbonyl (C=O) groups excluding carboxylic acids is 1. The molecule has 0 aromatic heterocycles. The molecular formula is C14H25N3O3. The van der Waals surface area contributed by atoms with Crippen LogP contribution in [-0.2, 0) is 9.59 Å². The summed E-state index contributed by atoms with van der Waals surface area (Å²) in [6.07, 6.45) is 3.75. The van der Waals surface area contributed by atoms with E-state index >= 15 is 0 Å². The molecule has 3 N–H and O–H groups in total. The quantitative estimate of drug-likeness (QED) is 0.748. The molecule has 0 radical (unpaired) electrons. The number of hydrogen-bond acceptors (Lipinski definition) is 4. The minimum absolute atomic E-state index is 0.179. The molecule has 0 aromatic carbocycles. The number of likely N-dealkylation sites (tertiary alicyclic amines) is 2. The Bertz CT molecular complexity index is 354. The minimum Gasteiger partial charge on any atom is -0.481 e. The van der Waals surface area contributed by atoms with E-state index in [0.29, 0.717) is 18.9 Å². The van der Waals surface area contributed by atoms with Gasteiger partial charge in [0.25, 0.3) is 0 Å². The van der Waals surface area contributed by atoms with Gasteiger partial charge in [0.05, 0.1) is 6.54 Å². The number of hydrogen-bond donors (Lipinski definition) is 2. The molecule has 2 heterocycles. The molecule has 20 heavy (non-hydrogen) atoms. The third-order valence-electron chi connectivity index (χ3n) is 4.40. The Hall–Kier alpha value is -1.14. The Morgan fingerprint density at radius 2 is 1.85 bits per heavy atom. The smallest absolute Gasteiger partial charge is 0.303 e. The molecular weight excluding hydrogens is 258 g/mol. The number of carbonyl (C=O) groups is 2. The van der Waals surface area contributed by atoms with Gasteiger partial charge in [-0.25, -0.2) is 0 Å². The van der Waals surface area contributed by atoms with Crippen molar-refractivity contribution >= 4 is 11.9 Å². The fourth-order valence-corrected chi connectivity index (χ4v) is 3.02. The van der Waals surface area contributed by atoms with E-state index in [2.05, 4.69) is 4.90 Å². The third-order valence-corrected chi connectivity index (χ3v) is 4.40. The van der Waals surface area contributed by atoms with Crippen LogP contribution in [0.15, 0.2) is 0 Å². The van der Waals surface area contributed by atoms with Gasteiger partial charge in [-0.15, -0.1) is 0 Å². The van der Waals surface area contributed by atoms with Crippen molar-refractivity contribution in [3.05, 3.63) is 0 Å². The summed E-state index contributed by atoms with van der Waals surface area (Å²) in [7, 11) is 0. The van der Waals surface area contributed by atoms with Crippen molar-refractivity contribution in [3.63, 3.8) is 0 Å². The van der Waals surface area contributed by atoms with E-state index in [9.17, 15) is 9.59 Å². The minimum atomic E-state index is -0.751. The van der Waals surface area contributed by atoms with Gasteiger partial charge in [0.1, 0.15) is 0 Å². The van der Waals surface area contributed by atoms with Gasteiger partial charge in [0.2, 0.25) is 5.91 Å². The molecule has 1 atom stereocenters. The third kappa shape index (κ3) is 4.45. The van der Waals surface area contributed by atoms with Crippen LogP contribution in [0.2, 0.25) is 0 Å². The molecule has 0 saturated carbocycles. The van der Waals surface area contributed by atoms with Crippen LogP contribution in [0.25, 0.3) is 0 Å². The van der Waals surface area contributed by atoms with Crippen molar-refractivity contribution < 1.29 is 14.7 Å². The molecule has 0 bridgehead atoms. The van der Waals surface area contributed by atoms with Gasteiger partial charge in [0.15, 0.2) is 0 Å². The zero-order valence-electron chi connectivity index (χ0n) is 12.0. The summed E-state index contributed by atoms with van der Waals surface area (Å²) in [6.45, 7) is 3.79. The highest BCUT2D eigenvalue weighted by atomic mass is 16.4. The Labute approximate surface area is 119 Å². The first-order valence-electron chi connectivity index (χ1n) is 7.52. The number of aliphatic carboxylic acids is 1. The van der Waals surface area contributed by atoms with Crippen LogP contribution in [-0.4, -0.2) is 65.5 Å². The van der Waals surface area contributed by atoms with Gasteiger partial charge in [-0.1, -0.05) is 0 Å². The monoisotopic (exact) mass is 283 g/mol. The summed E-state index contributed by atoms with van der Waals surface area (Å²) in [5.41, 5.74) is 5.86. The SMILES string of the molecule is NC1CCN(CC(=O)N2CCC(CCC(=O)O)C2)CC1. The predicted molar refractivity (Wildman–Crippen MR) is 75.2 cm³/mol. The zero-order chi connectivity index (χ0) is 14.5. The molecule has 6 heteroatoms. The van der Waals surface area contributed by atoms with Gasteiger partial charge in [0, 0.05) is 38.6 Å². The predicted octanol–water partition coefficient (Wildman–Crippen LogP) is 0.123. The van der Waals surface area contributed by atoms with Crippen LogP contribution < -0.4 is 5.73 Å². The van der Waals surface area contributed by atoms with Crippen LogP contribution in [0, 0.1) is 5.92 Å². The molecule has 114 valence electrons. The fraction of sp³-hybridized carbons (Fsp3) is 0.857. The lowest BCUT2D eigenvalue weighted by atomic mass is 10.0. The molecule has 6 nitrogen and oxygen atoms in total. The number of carboxylic acids is 1. The lowest BCUT2D eigenvalue weighted by Crippen LogP contribution is -2.45. The molecule has 0 aliphatic carbocycles. The van der Waals surface area contributed by atoms with Gasteiger partial charge < -0.3 is 15.7 Å². The standard InChI is InChI=1S/C14H25N3O3/c15-12-4-6-16(7-5-12)10-13(18)17-8-3-11(9-17)1-2-14(19)20/h11-12H,1-10,15H2,(H,19,20). The average Bonchev–Trinajstić information content (AvgIpc) is 2.88. The molecule has 2 rings (SSSR count). The van der Waals surface area contributed by atoms with Crippen molar-refractivity contribution in [2.24, 2.45) is 11.7 Å². The molecule has 2 aliphatic heterocycles. The van der Waals surface area contributed by atoms with Crippen LogP contribution in [0.3, 0.4) is 0 Å². The molecule has 1 unspecified atom stereocenters. The first-order valence-corrected chi connectivity index (χ1v) is 7.52. The second-order valence-electron chi connectivity index (χ2n) is 6.04. The Morgan fingerprint density at radius 1 is 1.15 bits per heavy atom. The van der Waals surface area contributed by atoms with Gasteiger partial charge in [-0.05, 0) is 31.6 Å². The molecule has 2 fully saturated rings. The van der Waals surface area contributed by atoms with Crippen LogP contribution in [0.1, 0.15) is 32.1 Å². The molecule has 0 spiro atoms. The number of amides is 1. The van der Waals surface area contributed by atoms with E-state index in [1.165, 1.54) is 0 Å². The van der Waals surface area contributed by atoms with Gasteiger partial charge in [-0.3, -0.25) is 14.5 Å². The van der Waals surface area contributed by atoms with E-state index in [-0.39, 0.29) is 18.4 Å². The summed E-state index contributed by atoms with van der Waals surface area (Å²) in [4.78, 5) is 26.8. The normalized spacial score (nSPS) is 25.1. The first-order chi connectivity index (χ1) is 9.54. The Morgan fingerprint density at radius 3 is 2.50 bits per heavy atom. The number of nitrogens with zero attached hydrogens (tertiary/aromatic N) is 2. The molecule has 2 saturated heterocycles. The lowest BCUT2D eigenvalue weighted by molar-refractivity contribution is -0.137. The average molecular weight is 283 g/mol. The summed E-state index contributed by atoms with van der Waals surface area (Å²) >= 11 is 0. The maximum atomic E-state index is 12.2. The maximum Gasteiger partial charge on any atom is 0.303 e. The largest absolute Gasteiger partial charge is 0.481 e. The summed E-state index contributed by atoms with van der Waals surface area (Å²) in [6, 6.07) is 0.286. The summed E-state index contributed by atoms with van der Waals surface area (Å²) < 4.78 is 0. The molecule has 1 amide bonds. The van der Waals surface area contributed by atoms with Crippen molar-refractivity contribution in [1.82, 2.24) is 9.80 Å². The van der Waals surface area contributed by atoms with Crippen molar-refractivity contribution in [2.75, 3.05) is 32.7 Å². The molecule has 0 aromatic rings. The highest BCUT2D eigenvalue weighted by Gasteiger charge is 2.28. The number of rotatable bonds is 5. The van der Waals surface area contributed by atoms with E-state index in [4.69, 9.17) is 10.8 Å². The highest BCUT2D eigenvalue weighted by molar-refractivity contribution is 5.78. The van der Waals surface area contributed by atoms with Gasteiger partial charge >= 0.3 is 5.97 Å². The number of carboxylic acid groups (broad SMARTS) is 1. The van der Waals surface area contributed by atoms with Crippen molar-refractivity contribution in [1.29, 1.82) is 0 Å². The van der Waals surface area contributed by atoms with Crippen molar-refractivity contribution in [3.8, 4) is 0 Å². The van der Waals surface area contributed by atoms with E-state index < -0.39 is 5.97 Å². The second-order valence-corrected chi connectivity index (χ2v) is 6.04. The summed E-state index contributed by atoms with van der Waals surface area (Å²) in [5, 5.41) is 8.69. The summed E-state index contributed by atoms with van der Waals surface area (Å²) in [5.74, 6) is -0.220. The Kier molecular flexibility index (Phi) is 5.37. The second kappa shape index (κ2) is 7.04. The number of nitrogens with two attached hydrogens (primary N) is 1. The van der Waals surface area contributed by atoms with E-state index in [1.807, 2.05) is 4.90 Å². The molecule has 2 aliphatic rings. The van der Waals surface area contributed by atoms with Gasteiger partial charge in [-0.2, -0.15) is 0 Å². The maximum absolute atomic E-state index is 12.2. The van der Waals surface area contributed by atoms with Crippen molar-refractivity contribution in [2.45, 2.75) is 38.1 Å². The van der Waals surface area contributed by atoms with Crippen LogP contribution >= 0.6 is 0 Å². The highest BCUT2D eigenvalue weighted by Crippen LogP contribution is 2.21. The fourth-order valence-electron chi connectivity index (χ4n) is 3.02. The van der Waals surface area contributed by atoms with Crippen LogP contribution in [0.5, 0.6) is 0 Å². The first kappa shape index (κ1) is 15.3.